The number of rotatable bonds is 9. The van der Waals surface area contributed by atoms with Gasteiger partial charge < -0.3 is 25.4 Å². The molecule has 2 rings (SSSR count). The number of amides is 3. The molecule has 3 N–H and O–H groups in total. The van der Waals surface area contributed by atoms with Gasteiger partial charge in [-0.1, -0.05) is 20.8 Å². The zero-order chi connectivity index (χ0) is 26.6. The lowest BCUT2D eigenvalue weighted by atomic mass is 9.95. The van der Waals surface area contributed by atoms with Gasteiger partial charge in [-0.05, 0) is 17.5 Å². The number of carbonyl (C=O) groups excluding carboxylic acids is 3. The molecular formula is C21H27F5N4O5. The van der Waals surface area contributed by atoms with Gasteiger partial charge in [-0.15, -0.1) is 0 Å². The Labute approximate surface area is 198 Å². The number of hydrogen-bond acceptors (Lipinski definition) is 6. The Kier molecular flexibility index (Phi) is 9.00. The van der Waals surface area contributed by atoms with Gasteiger partial charge in [-0.2, -0.15) is 22.0 Å². The molecule has 1 atom stereocenters. The predicted octanol–water partition coefficient (Wildman–Crippen LogP) is 2.35. The Bertz CT molecular complexity index is 920. The lowest BCUT2D eigenvalue weighted by Crippen LogP contribution is -2.56. The minimum absolute atomic E-state index is 0.0190. The first-order valence-electron chi connectivity index (χ1n) is 10.5. The lowest BCUT2D eigenvalue weighted by molar-refractivity contribution is -0.159. The molecule has 0 aliphatic carbocycles. The first-order chi connectivity index (χ1) is 16.1. The van der Waals surface area contributed by atoms with E-state index in [9.17, 15) is 36.3 Å². The molecule has 0 spiro atoms. The number of carbonyl (C=O) groups is 3. The highest BCUT2D eigenvalue weighted by molar-refractivity contribution is 6.09. The quantitative estimate of drug-likeness (QED) is 0.390. The van der Waals surface area contributed by atoms with Gasteiger partial charge in [0.15, 0.2) is 11.8 Å². The average Bonchev–Trinajstić information content (AvgIpc) is 2.65. The van der Waals surface area contributed by atoms with Crippen molar-refractivity contribution in [3.05, 3.63) is 18.2 Å². The summed E-state index contributed by atoms with van der Waals surface area (Å²) in [5.74, 6) is -3.49. The Morgan fingerprint density at radius 3 is 2.40 bits per heavy atom. The van der Waals surface area contributed by atoms with Crippen LogP contribution in [0.2, 0.25) is 0 Å². The Balaban J connectivity index is 2.36. The highest BCUT2D eigenvalue weighted by Crippen LogP contribution is 2.34. The van der Waals surface area contributed by atoms with Crippen LogP contribution in [0, 0.1) is 5.41 Å². The van der Waals surface area contributed by atoms with Crippen LogP contribution >= 0.6 is 0 Å². The molecule has 0 aromatic heterocycles. The second-order valence-electron chi connectivity index (χ2n) is 9.03. The van der Waals surface area contributed by atoms with Gasteiger partial charge in [0.1, 0.15) is 6.61 Å². The number of alkyl halides is 5. The van der Waals surface area contributed by atoms with Crippen LogP contribution in [0.5, 0.6) is 5.75 Å². The van der Waals surface area contributed by atoms with E-state index in [-0.39, 0.29) is 37.7 Å². The van der Waals surface area contributed by atoms with E-state index >= 15 is 0 Å². The zero-order valence-corrected chi connectivity index (χ0v) is 19.3. The summed E-state index contributed by atoms with van der Waals surface area (Å²) in [6.45, 7) is -0.356. The molecule has 14 heteroatoms. The molecule has 0 radical (unpaired) electrons. The number of halogens is 5. The number of morpholine rings is 1. The first kappa shape index (κ1) is 28.2. The van der Waals surface area contributed by atoms with Gasteiger partial charge in [-0.25, -0.2) is 0 Å². The number of primary amides is 1. The average molecular weight is 510 g/mol. The molecular weight excluding hydrogens is 483 g/mol. The summed E-state index contributed by atoms with van der Waals surface area (Å²) in [5, 5.41) is 2.23. The fourth-order valence-electron chi connectivity index (χ4n) is 3.54. The topological polar surface area (TPSA) is 114 Å². The third-order valence-electron chi connectivity index (χ3n) is 4.66. The van der Waals surface area contributed by atoms with Crippen molar-refractivity contribution < 1.29 is 45.8 Å². The smallest absolute Gasteiger partial charge is 0.401 e. The molecule has 0 bridgehead atoms. The standard InChI is InChI=1S/C21H27F5N4O5/c1-20(2,3)10-29(11-21(24,25)26)16(17(27)32)18(33)28-12-4-5-13(14(8-12)35-19(22)23)30-6-7-34-9-15(30)31/h4-5,8,16,19H,6-7,9-11H2,1-3H3,(H2,27,32)(H,28,33)/t16-/m1/s1. The van der Waals surface area contributed by atoms with Crippen molar-refractivity contribution in [2.24, 2.45) is 11.1 Å². The fourth-order valence-corrected chi connectivity index (χ4v) is 3.54. The van der Waals surface area contributed by atoms with Crippen LogP contribution in [0.15, 0.2) is 18.2 Å². The van der Waals surface area contributed by atoms with E-state index < -0.39 is 54.3 Å². The summed E-state index contributed by atoms with van der Waals surface area (Å²) in [6, 6.07) is 1.41. The Morgan fingerprint density at radius 2 is 1.89 bits per heavy atom. The number of hydrogen-bond donors (Lipinski definition) is 2. The summed E-state index contributed by atoms with van der Waals surface area (Å²) in [5.41, 5.74) is 4.36. The molecule has 0 unspecified atom stereocenters. The number of nitrogens with one attached hydrogen (secondary N) is 1. The van der Waals surface area contributed by atoms with Crippen LogP contribution in [0.3, 0.4) is 0 Å². The zero-order valence-electron chi connectivity index (χ0n) is 19.3. The number of nitrogens with zero attached hydrogens (tertiary/aromatic N) is 2. The van der Waals surface area contributed by atoms with E-state index in [0.717, 1.165) is 11.0 Å². The molecule has 1 saturated heterocycles. The van der Waals surface area contributed by atoms with Crippen LogP contribution in [0.1, 0.15) is 20.8 Å². The van der Waals surface area contributed by atoms with Crippen molar-refractivity contribution in [3.63, 3.8) is 0 Å². The molecule has 0 saturated carbocycles. The van der Waals surface area contributed by atoms with Crippen LogP contribution in [0.25, 0.3) is 0 Å². The summed E-state index contributed by atoms with van der Waals surface area (Å²) < 4.78 is 75.0. The van der Waals surface area contributed by atoms with Gasteiger partial charge in [0.25, 0.3) is 11.8 Å². The molecule has 1 aliphatic rings. The molecule has 1 aromatic rings. The maximum atomic E-state index is 13.2. The van der Waals surface area contributed by atoms with Crippen molar-refractivity contribution in [1.82, 2.24) is 4.90 Å². The van der Waals surface area contributed by atoms with Crippen molar-refractivity contribution in [1.29, 1.82) is 0 Å². The molecule has 196 valence electrons. The maximum Gasteiger partial charge on any atom is 0.401 e. The highest BCUT2D eigenvalue weighted by atomic mass is 19.4. The molecule has 35 heavy (non-hydrogen) atoms. The van der Waals surface area contributed by atoms with Crippen molar-refractivity contribution in [2.45, 2.75) is 39.6 Å². The molecule has 1 heterocycles. The Morgan fingerprint density at radius 1 is 1.23 bits per heavy atom. The van der Waals surface area contributed by atoms with Gasteiger partial charge in [0.2, 0.25) is 5.91 Å². The highest BCUT2D eigenvalue weighted by Gasteiger charge is 2.40. The van der Waals surface area contributed by atoms with E-state index in [1.54, 1.807) is 20.8 Å². The normalized spacial score (nSPS) is 15.9. The third kappa shape index (κ3) is 8.62. The Hall–Kier alpha value is -3.00. The van der Waals surface area contributed by atoms with Gasteiger partial charge in [0.05, 0.1) is 18.8 Å². The van der Waals surface area contributed by atoms with E-state index in [1.807, 2.05) is 0 Å². The summed E-state index contributed by atoms with van der Waals surface area (Å²) in [6.07, 6.45) is -4.73. The summed E-state index contributed by atoms with van der Waals surface area (Å²) in [4.78, 5) is 38.7. The molecule has 9 nitrogen and oxygen atoms in total. The van der Waals surface area contributed by atoms with Crippen molar-refractivity contribution in [2.75, 3.05) is 43.1 Å². The SMILES string of the molecule is CC(C)(C)CN(CC(F)(F)F)[C@H](C(N)=O)C(=O)Nc1ccc(N2CCOCC2=O)c(OC(F)F)c1. The van der Waals surface area contributed by atoms with Gasteiger partial charge in [-0.3, -0.25) is 19.3 Å². The molecule has 3 amide bonds. The molecule has 1 aliphatic heterocycles. The number of ether oxygens (including phenoxy) is 2. The lowest BCUT2D eigenvalue weighted by Gasteiger charge is -2.34. The molecule has 1 aromatic carbocycles. The number of nitrogens with two attached hydrogens (primary N) is 1. The maximum absolute atomic E-state index is 13.2. The minimum atomic E-state index is -4.73. The monoisotopic (exact) mass is 510 g/mol. The summed E-state index contributed by atoms with van der Waals surface area (Å²) in [7, 11) is 0. The number of benzene rings is 1. The van der Waals surface area contributed by atoms with Crippen LogP contribution < -0.4 is 20.7 Å². The first-order valence-corrected chi connectivity index (χ1v) is 10.5. The predicted molar refractivity (Wildman–Crippen MR) is 115 cm³/mol. The van der Waals surface area contributed by atoms with E-state index in [1.165, 1.54) is 12.1 Å². The number of anilines is 2. The second kappa shape index (κ2) is 11.2. The van der Waals surface area contributed by atoms with Crippen molar-refractivity contribution in [3.8, 4) is 5.75 Å². The van der Waals surface area contributed by atoms with Crippen molar-refractivity contribution >= 4 is 29.1 Å². The van der Waals surface area contributed by atoms with Crippen LogP contribution in [-0.4, -0.2) is 74.3 Å². The second-order valence-corrected chi connectivity index (χ2v) is 9.03. The largest absolute Gasteiger partial charge is 0.433 e. The van der Waals surface area contributed by atoms with E-state index in [4.69, 9.17) is 10.5 Å². The molecule has 1 fully saturated rings. The third-order valence-corrected chi connectivity index (χ3v) is 4.66. The van der Waals surface area contributed by atoms with Crippen LogP contribution in [-0.2, 0) is 19.1 Å². The minimum Gasteiger partial charge on any atom is -0.433 e. The van der Waals surface area contributed by atoms with E-state index in [0.29, 0.717) is 4.90 Å². The van der Waals surface area contributed by atoms with Crippen LogP contribution in [0.4, 0.5) is 33.3 Å². The summed E-state index contributed by atoms with van der Waals surface area (Å²) >= 11 is 0. The van der Waals surface area contributed by atoms with Gasteiger partial charge in [0, 0.05) is 24.8 Å². The van der Waals surface area contributed by atoms with E-state index in [2.05, 4.69) is 10.1 Å². The van der Waals surface area contributed by atoms with Gasteiger partial charge >= 0.3 is 12.8 Å². The fraction of sp³-hybridized carbons (Fsp3) is 0.571.